The van der Waals surface area contributed by atoms with Crippen LogP contribution in [-0.4, -0.2) is 16.4 Å². The highest BCUT2D eigenvalue weighted by Crippen LogP contribution is 2.47. The molecular weight excluding hydrogens is 406 g/mol. The fourth-order valence-corrected chi connectivity index (χ4v) is 4.97. The number of hydrogen-bond acceptors (Lipinski definition) is 3. The van der Waals surface area contributed by atoms with Crippen LogP contribution < -0.4 is 0 Å². The summed E-state index contributed by atoms with van der Waals surface area (Å²) in [6.07, 6.45) is 5.72. The summed E-state index contributed by atoms with van der Waals surface area (Å²) in [4.78, 5) is 15.4. The first-order valence-electron chi connectivity index (χ1n) is 12.0. The van der Waals surface area contributed by atoms with Crippen molar-refractivity contribution in [2.75, 3.05) is 0 Å². The number of nitrogens with zero attached hydrogens (tertiary/aromatic N) is 1. The molecule has 33 heavy (non-hydrogen) atoms. The summed E-state index contributed by atoms with van der Waals surface area (Å²) in [6.45, 7) is 17.8. The van der Waals surface area contributed by atoms with Crippen LogP contribution in [0.5, 0.6) is 0 Å². The maximum atomic E-state index is 10.6. The highest BCUT2D eigenvalue weighted by Gasteiger charge is 2.37. The molecule has 0 saturated carbocycles. The van der Waals surface area contributed by atoms with Gasteiger partial charge in [0.1, 0.15) is 6.29 Å². The summed E-state index contributed by atoms with van der Waals surface area (Å²) >= 11 is 0. The van der Waals surface area contributed by atoms with E-state index in [0.717, 1.165) is 23.1 Å². The number of aldehydes is 1. The smallest absolute Gasteiger partial charge is 0.120 e. The average molecular weight is 446 g/mol. The predicted molar refractivity (Wildman–Crippen MR) is 139 cm³/mol. The Morgan fingerprint density at radius 2 is 1.64 bits per heavy atom. The first kappa shape index (κ1) is 25.0. The van der Waals surface area contributed by atoms with Gasteiger partial charge in [-0.15, -0.1) is 0 Å². The van der Waals surface area contributed by atoms with Crippen molar-refractivity contribution in [3.8, 4) is 0 Å². The van der Waals surface area contributed by atoms with E-state index >= 15 is 0 Å². The molecule has 1 aromatic carbocycles. The van der Waals surface area contributed by atoms with E-state index in [4.69, 9.17) is 4.98 Å². The largest absolute Gasteiger partial charge is 0.512 e. The number of pyridine rings is 1. The van der Waals surface area contributed by atoms with Gasteiger partial charge in [-0.2, -0.15) is 0 Å². The number of rotatable bonds is 6. The minimum Gasteiger partial charge on any atom is -0.512 e. The van der Waals surface area contributed by atoms with Crippen molar-refractivity contribution >= 4 is 17.4 Å². The Kier molecular flexibility index (Phi) is 7.02. The number of fused-ring (bicyclic) bond motifs is 1. The van der Waals surface area contributed by atoms with Gasteiger partial charge in [-0.3, -0.25) is 4.98 Å². The lowest BCUT2D eigenvalue weighted by atomic mass is 9.62. The van der Waals surface area contributed by atoms with Crippen LogP contribution >= 0.6 is 0 Å². The number of aromatic nitrogens is 1. The van der Waals surface area contributed by atoms with Crippen molar-refractivity contribution in [2.45, 2.75) is 91.9 Å². The number of benzene rings is 1. The van der Waals surface area contributed by atoms with Crippen LogP contribution in [0.25, 0.3) is 11.1 Å². The number of aryl methyl sites for hydroxylation is 1. The van der Waals surface area contributed by atoms with Crippen molar-refractivity contribution < 1.29 is 9.90 Å². The molecule has 0 bridgehead atoms. The van der Waals surface area contributed by atoms with Gasteiger partial charge in [-0.05, 0) is 96.9 Å². The Balaban J connectivity index is 2.09. The summed E-state index contributed by atoms with van der Waals surface area (Å²) in [5.74, 6) is 0.245. The molecule has 1 aromatic heterocycles. The molecule has 1 aliphatic carbocycles. The molecule has 0 amide bonds. The number of aliphatic hydroxyl groups is 1. The van der Waals surface area contributed by atoms with E-state index in [-0.39, 0.29) is 16.6 Å². The van der Waals surface area contributed by atoms with E-state index < -0.39 is 0 Å². The fourth-order valence-electron chi connectivity index (χ4n) is 4.97. The molecule has 0 fully saturated rings. The van der Waals surface area contributed by atoms with Crippen LogP contribution in [0, 0.1) is 6.92 Å². The van der Waals surface area contributed by atoms with E-state index in [1.54, 1.807) is 0 Å². The second-order valence-corrected chi connectivity index (χ2v) is 11.1. The topological polar surface area (TPSA) is 50.2 Å². The van der Waals surface area contributed by atoms with Crippen LogP contribution in [0.4, 0.5) is 0 Å². The van der Waals surface area contributed by atoms with Crippen LogP contribution in [-0.2, 0) is 15.6 Å². The molecule has 2 aromatic rings. The van der Waals surface area contributed by atoms with Gasteiger partial charge in [-0.1, -0.05) is 45.4 Å². The molecule has 0 unspecified atom stereocenters. The van der Waals surface area contributed by atoms with Crippen molar-refractivity contribution in [1.29, 1.82) is 0 Å². The lowest BCUT2D eigenvalue weighted by molar-refractivity contribution is -0.107. The Bertz CT molecular complexity index is 1110. The maximum Gasteiger partial charge on any atom is 0.120 e. The second-order valence-electron chi connectivity index (χ2n) is 11.1. The monoisotopic (exact) mass is 445 g/mol. The fraction of sp³-hybridized carbons (Fsp3) is 0.467. The zero-order chi connectivity index (χ0) is 24.6. The van der Waals surface area contributed by atoms with E-state index in [1.165, 1.54) is 46.2 Å². The Hall–Kier alpha value is -2.68. The van der Waals surface area contributed by atoms with Crippen molar-refractivity contribution in [3.63, 3.8) is 0 Å². The second kappa shape index (κ2) is 9.29. The Labute approximate surface area is 199 Å². The van der Waals surface area contributed by atoms with Crippen molar-refractivity contribution in [3.05, 3.63) is 75.3 Å². The molecule has 1 heterocycles. The van der Waals surface area contributed by atoms with E-state index in [1.807, 2.05) is 25.3 Å². The Morgan fingerprint density at radius 1 is 1.03 bits per heavy atom. The molecule has 1 aliphatic rings. The van der Waals surface area contributed by atoms with Crippen molar-refractivity contribution in [2.24, 2.45) is 0 Å². The van der Waals surface area contributed by atoms with Gasteiger partial charge in [-0.25, -0.2) is 0 Å². The first-order chi connectivity index (χ1) is 15.4. The lowest BCUT2D eigenvalue weighted by Gasteiger charge is -2.42. The molecular formula is C30H39NO2. The first-order valence-corrected chi connectivity index (χ1v) is 12.0. The molecule has 3 heteroatoms. The number of carbonyl (C=O) groups excluding carboxylic acids is 1. The summed E-state index contributed by atoms with van der Waals surface area (Å²) in [6, 6.07) is 8.88. The standard InChI is InChI=1S/C30H39NO2/c1-19(2)28(26-12-11-22(18-31-26)21(4)27(33)10-9-15-32)23-17-25-24(16-20(23)3)29(5,6)13-14-30(25,7)8/h11-12,15-18,33H,9-10,13-14H2,1-8H3/b27-21-. The number of allylic oxidation sites excluding steroid dienone is 3. The molecule has 3 nitrogen and oxygen atoms in total. The summed E-state index contributed by atoms with van der Waals surface area (Å²) < 4.78 is 0. The minimum atomic E-state index is 0.151. The normalized spacial score (nSPS) is 17.1. The molecule has 3 rings (SSSR count). The third-order valence-corrected chi connectivity index (χ3v) is 7.35. The van der Waals surface area contributed by atoms with Crippen LogP contribution in [0.15, 0.2) is 41.8 Å². The van der Waals surface area contributed by atoms with E-state index in [0.29, 0.717) is 12.8 Å². The maximum absolute atomic E-state index is 10.6. The zero-order valence-corrected chi connectivity index (χ0v) is 21.6. The summed E-state index contributed by atoms with van der Waals surface area (Å²) in [7, 11) is 0. The molecule has 0 atom stereocenters. The van der Waals surface area contributed by atoms with Gasteiger partial charge in [0.2, 0.25) is 0 Å². The Morgan fingerprint density at radius 3 is 2.15 bits per heavy atom. The van der Waals surface area contributed by atoms with Crippen LogP contribution in [0.2, 0.25) is 0 Å². The summed E-state index contributed by atoms with van der Waals surface area (Å²) in [5.41, 5.74) is 10.8. The molecule has 1 N–H and O–H groups in total. The van der Waals surface area contributed by atoms with E-state index in [2.05, 4.69) is 60.6 Å². The number of carbonyl (C=O) groups is 1. The minimum absolute atomic E-state index is 0.151. The number of aliphatic hydroxyl groups excluding tert-OH is 1. The third kappa shape index (κ3) is 4.98. The molecule has 0 spiro atoms. The third-order valence-electron chi connectivity index (χ3n) is 7.35. The molecule has 176 valence electrons. The quantitative estimate of drug-likeness (QED) is 0.364. The van der Waals surface area contributed by atoms with Crippen molar-refractivity contribution in [1.82, 2.24) is 4.98 Å². The molecule has 0 radical (unpaired) electrons. The zero-order valence-electron chi connectivity index (χ0n) is 21.6. The summed E-state index contributed by atoms with van der Waals surface area (Å²) in [5, 5.41) is 10.3. The predicted octanol–water partition coefficient (Wildman–Crippen LogP) is 7.85. The van der Waals surface area contributed by atoms with Gasteiger partial charge in [0.15, 0.2) is 0 Å². The number of hydrogen-bond donors (Lipinski definition) is 1. The SMILES string of the molecule is CC(C)=C(c1ccc(/C(C)=C(\O)CCC=O)cn1)c1cc2c(cc1C)C(C)(C)CCC2(C)C. The molecule has 0 aliphatic heterocycles. The van der Waals surface area contributed by atoms with Gasteiger partial charge >= 0.3 is 0 Å². The van der Waals surface area contributed by atoms with E-state index in [9.17, 15) is 9.90 Å². The highest BCUT2D eigenvalue weighted by molar-refractivity contribution is 5.83. The average Bonchev–Trinajstić information content (AvgIpc) is 2.76. The van der Waals surface area contributed by atoms with Gasteiger partial charge in [0, 0.05) is 24.6 Å². The van der Waals surface area contributed by atoms with Crippen LogP contribution in [0.3, 0.4) is 0 Å². The lowest BCUT2D eigenvalue weighted by Crippen LogP contribution is -2.34. The van der Waals surface area contributed by atoms with Crippen LogP contribution in [0.1, 0.15) is 108 Å². The van der Waals surface area contributed by atoms with Gasteiger partial charge in [0.05, 0.1) is 11.5 Å². The van der Waals surface area contributed by atoms with Gasteiger partial charge in [0.25, 0.3) is 0 Å². The highest BCUT2D eigenvalue weighted by atomic mass is 16.3. The van der Waals surface area contributed by atoms with Gasteiger partial charge < -0.3 is 9.90 Å². The molecule has 0 saturated heterocycles.